The minimum atomic E-state index is -4.20. The van der Waals surface area contributed by atoms with Crippen molar-refractivity contribution in [1.82, 2.24) is 24.6 Å². The van der Waals surface area contributed by atoms with Gasteiger partial charge in [0.15, 0.2) is 5.58 Å². The molecule has 2 unspecified atom stereocenters. The summed E-state index contributed by atoms with van der Waals surface area (Å²) in [5.74, 6) is 0. The van der Waals surface area contributed by atoms with Gasteiger partial charge in [0, 0.05) is 36.8 Å². The summed E-state index contributed by atoms with van der Waals surface area (Å²) in [6.07, 6.45) is 2.85. The maximum Gasteiger partial charge on any atom is 0.407 e. The Kier molecular flexibility index (Phi) is 9.25. The first kappa shape index (κ1) is 29.6. The van der Waals surface area contributed by atoms with Crippen molar-refractivity contribution < 1.29 is 27.5 Å². The van der Waals surface area contributed by atoms with Crippen LogP contribution in [0.3, 0.4) is 0 Å². The number of fused-ring (bicyclic) bond motifs is 1. The van der Waals surface area contributed by atoms with Crippen LogP contribution in [0.15, 0.2) is 107 Å². The second-order valence-electron chi connectivity index (χ2n) is 9.75. The Morgan fingerprint density at radius 3 is 2.56 bits per heavy atom. The molecule has 0 radical (unpaired) electrons. The predicted molar refractivity (Wildman–Crippen MR) is 158 cm³/mol. The molecule has 1 amide bonds. The number of nitrogens with two attached hydrogens (primary N) is 1. The molecule has 0 spiro atoms. The predicted octanol–water partition coefficient (Wildman–Crippen LogP) is 3.29. The number of nitrogens with one attached hydrogen (secondary N) is 1. The number of sulfonamides is 1. The van der Waals surface area contributed by atoms with Crippen molar-refractivity contribution >= 4 is 33.2 Å². The van der Waals surface area contributed by atoms with Gasteiger partial charge < -0.3 is 25.3 Å². The number of alkyl carbamates (subject to hydrolysis) is 1. The number of ether oxygens (including phenoxy) is 1. The van der Waals surface area contributed by atoms with Gasteiger partial charge >= 0.3 is 6.09 Å². The zero-order valence-corrected chi connectivity index (χ0v) is 23.8. The van der Waals surface area contributed by atoms with E-state index in [0.717, 1.165) is 9.87 Å². The maximum absolute atomic E-state index is 14.0. The van der Waals surface area contributed by atoms with Crippen LogP contribution in [0, 0.1) is 0 Å². The third kappa shape index (κ3) is 7.71. The number of nitrogen functional groups attached to an aromatic ring is 1. The van der Waals surface area contributed by atoms with Gasteiger partial charge in [-0.1, -0.05) is 42.5 Å². The van der Waals surface area contributed by atoms with E-state index >= 15 is 0 Å². The molecule has 2 atom stereocenters. The van der Waals surface area contributed by atoms with Crippen molar-refractivity contribution in [3.63, 3.8) is 0 Å². The fraction of sp³-hybridized carbons (Fsp3) is 0.200. The largest absolute Gasteiger partial charge is 0.445 e. The summed E-state index contributed by atoms with van der Waals surface area (Å²) >= 11 is 0. The monoisotopic (exact) mass is 602 g/mol. The number of nitrogens with zero attached hydrogens (tertiary/aromatic N) is 4. The van der Waals surface area contributed by atoms with E-state index in [1.807, 2.05) is 30.3 Å². The highest BCUT2D eigenvalue weighted by atomic mass is 32.2. The second kappa shape index (κ2) is 13.4. The van der Waals surface area contributed by atoms with Crippen molar-refractivity contribution in [2.75, 3.05) is 12.3 Å². The summed E-state index contributed by atoms with van der Waals surface area (Å²) in [6, 6.07) is 21.1. The van der Waals surface area contributed by atoms with Gasteiger partial charge in [-0.3, -0.25) is 9.97 Å². The third-order valence-corrected chi connectivity index (χ3v) is 8.44. The van der Waals surface area contributed by atoms with E-state index in [2.05, 4.69) is 20.3 Å². The second-order valence-corrected chi connectivity index (χ2v) is 11.7. The molecule has 43 heavy (non-hydrogen) atoms. The van der Waals surface area contributed by atoms with E-state index in [-0.39, 0.29) is 42.6 Å². The fourth-order valence-corrected chi connectivity index (χ4v) is 5.91. The average Bonchev–Trinajstić information content (AvgIpc) is 3.40. The SMILES string of the molecule is Nc1nc2ccc(S(=O)(=O)N(Cc3ccccn3)CC(O)C(Cc3ccccc3)NC(=O)OCc3cccnc3)cc2o1. The molecule has 222 valence electrons. The number of aliphatic hydroxyl groups excluding tert-OH is 1. The number of carbonyl (C=O) groups is 1. The van der Waals surface area contributed by atoms with E-state index in [4.69, 9.17) is 14.9 Å². The number of aromatic nitrogens is 3. The lowest BCUT2D eigenvalue weighted by atomic mass is 10.0. The summed E-state index contributed by atoms with van der Waals surface area (Å²) in [4.78, 5) is 25.0. The van der Waals surface area contributed by atoms with Crippen molar-refractivity contribution in [2.24, 2.45) is 0 Å². The smallest absolute Gasteiger partial charge is 0.407 e. The minimum absolute atomic E-state index is 0.0252. The molecule has 0 saturated carbocycles. The zero-order chi connectivity index (χ0) is 30.2. The highest BCUT2D eigenvalue weighted by molar-refractivity contribution is 7.89. The Labute approximate surface area is 248 Å². The molecular weight excluding hydrogens is 572 g/mol. The van der Waals surface area contributed by atoms with Crippen molar-refractivity contribution in [1.29, 1.82) is 0 Å². The summed E-state index contributed by atoms with van der Waals surface area (Å²) in [5, 5.41) is 14.2. The van der Waals surface area contributed by atoms with Gasteiger partial charge in [0.05, 0.1) is 29.3 Å². The number of benzene rings is 2. The highest BCUT2D eigenvalue weighted by Gasteiger charge is 2.32. The molecule has 5 aromatic rings. The molecule has 0 fully saturated rings. The molecule has 2 aromatic carbocycles. The topological polar surface area (TPSA) is 174 Å². The van der Waals surface area contributed by atoms with Crippen LogP contribution in [0.2, 0.25) is 0 Å². The van der Waals surface area contributed by atoms with E-state index < -0.39 is 28.3 Å². The molecule has 0 aliphatic rings. The quantitative estimate of drug-likeness (QED) is 0.192. The average molecular weight is 603 g/mol. The minimum Gasteiger partial charge on any atom is -0.445 e. The van der Waals surface area contributed by atoms with Crippen LogP contribution in [-0.4, -0.2) is 57.6 Å². The molecule has 0 saturated heterocycles. The van der Waals surface area contributed by atoms with Crippen LogP contribution >= 0.6 is 0 Å². The van der Waals surface area contributed by atoms with Crippen LogP contribution in [0.25, 0.3) is 11.1 Å². The number of amides is 1. The lowest BCUT2D eigenvalue weighted by molar-refractivity contribution is 0.0877. The molecule has 0 aliphatic carbocycles. The number of aliphatic hydroxyl groups is 1. The Bertz CT molecular complexity index is 1750. The van der Waals surface area contributed by atoms with E-state index in [0.29, 0.717) is 16.8 Å². The molecule has 0 bridgehead atoms. The van der Waals surface area contributed by atoms with Gasteiger partial charge in [-0.05, 0) is 42.3 Å². The van der Waals surface area contributed by atoms with E-state index in [9.17, 15) is 18.3 Å². The Balaban J connectivity index is 1.40. The van der Waals surface area contributed by atoms with Gasteiger partial charge in [0.1, 0.15) is 12.1 Å². The van der Waals surface area contributed by atoms with Gasteiger partial charge in [0.2, 0.25) is 10.0 Å². The highest BCUT2D eigenvalue weighted by Crippen LogP contribution is 2.25. The number of pyridine rings is 2. The molecule has 3 aromatic heterocycles. The van der Waals surface area contributed by atoms with Gasteiger partial charge in [0.25, 0.3) is 6.01 Å². The number of hydrogen-bond donors (Lipinski definition) is 3. The first-order valence-corrected chi connectivity index (χ1v) is 14.8. The van der Waals surface area contributed by atoms with Crippen LogP contribution in [-0.2, 0) is 34.3 Å². The molecule has 5 rings (SSSR count). The molecular formula is C30H30N6O6S. The lowest BCUT2D eigenvalue weighted by Gasteiger charge is -2.29. The standard InChI is InChI=1S/C30H30N6O6S/c31-29-34-25-12-11-24(16-28(25)42-29)43(39,40)36(18-23-10-4-5-14-33-23)19-27(37)26(15-21-7-2-1-3-8-21)35-30(38)41-20-22-9-6-13-32-17-22/h1-14,16-17,26-27,37H,15,18-20H2,(H2,31,34)(H,35,38). The summed E-state index contributed by atoms with van der Waals surface area (Å²) in [5.41, 5.74) is 8.23. The number of anilines is 1. The van der Waals surface area contributed by atoms with Gasteiger partial charge in [-0.2, -0.15) is 9.29 Å². The molecule has 13 heteroatoms. The summed E-state index contributed by atoms with van der Waals surface area (Å²) in [6.45, 7) is -0.529. The summed E-state index contributed by atoms with van der Waals surface area (Å²) < 4.78 is 39.7. The third-order valence-electron chi connectivity index (χ3n) is 6.63. The van der Waals surface area contributed by atoms with Crippen LogP contribution < -0.4 is 11.1 Å². The van der Waals surface area contributed by atoms with E-state index in [1.54, 1.807) is 48.9 Å². The van der Waals surface area contributed by atoms with E-state index in [1.165, 1.54) is 18.2 Å². The maximum atomic E-state index is 14.0. The van der Waals surface area contributed by atoms with Crippen molar-refractivity contribution in [3.8, 4) is 0 Å². The molecule has 0 aliphatic heterocycles. The van der Waals surface area contributed by atoms with Gasteiger partial charge in [-0.25, -0.2) is 13.2 Å². The fourth-order valence-electron chi connectivity index (χ4n) is 4.46. The van der Waals surface area contributed by atoms with Crippen LogP contribution in [0.4, 0.5) is 10.8 Å². The van der Waals surface area contributed by atoms with Crippen molar-refractivity contribution in [2.45, 2.75) is 36.6 Å². The number of carbonyl (C=O) groups excluding carboxylic acids is 1. The number of oxazole rings is 1. The first-order valence-electron chi connectivity index (χ1n) is 13.4. The first-order chi connectivity index (χ1) is 20.8. The van der Waals surface area contributed by atoms with Gasteiger partial charge in [-0.15, -0.1) is 0 Å². The van der Waals surface area contributed by atoms with Crippen LogP contribution in [0.1, 0.15) is 16.8 Å². The molecule has 4 N–H and O–H groups in total. The lowest BCUT2D eigenvalue weighted by Crippen LogP contribution is -2.50. The molecule has 3 heterocycles. The zero-order valence-electron chi connectivity index (χ0n) is 23.0. The number of hydrogen-bond acceptors (Lipinski definition) is 10. The van der Waals surface area contributed by atoms with Crippen LogP contribution in [0.5, 0.6) is 0 Å². The normalized spacial score (nSPS) is 13.1. The van der Waals surface area contributed by atoms with Crippen molar-refractivity contribution in [3.05, 3.63) is 114 Å². The number of rotatable bonds is 12. The Morgan fingerprint density at radius 1 is 1.02 bits per heavy atom. The molecule has 12 nitrogen and oxygen atoms in total. The summed E-state index contributed by atoms with van der Waals surface area (Å²) in [7, 11) is -4.20. The Morgan fingerprint density at radius 2 is 1.81 bits per heavy atom. The Hall–Kier alpha value is -4.85.